The van der Waals surface area contributed by atoms with Crippen molar-refractivity contribution in [2.75, 3.05) is 19.1 Å². The van der Waals surface area contributed by atoms with E-state index in [9.17, 15) is 0 Å². The normalized spacial score (nSPS) is 10.5. The average Bonchev–Trinajstić information content (AvgIpc) is 2.52. The first-order valence-electron chi connectivity index (χ1n) is 5.93. The Labute approximate surface area is 116 Å². The van der Waals surface area contributed by atoms with Crippen molar-refractivity contribution in [1.82, 2.24) is 15.0 Å². The van der Waals surface area contributed by atoms with Crippen molar-refractivity contribution in [3.63, 3.8) is 0 Å². The minimum atomic E-state index is 0.134. The van der Waals surface area contributed by atoms with E-state index in [-0.39, 0.29) is 18.0 Å². The molecule has 1 aromatic heterocycles. The lowest BCUT2D eigenvalue weighted by atomic mass is 10.2. The van der Waals surface area contributed by atoms with Gasteiger partial charge in [0.2, 0.25) is 5.95 Å². The highest BCUT2D eigenvalue weighted by Crippen LogP contribution is 2.11. The molecule has 0 bridgehead atoms. The number of nitrogens with two attached hydrogens (primary N) is 1. The first-order valence-corrected chi connectivity index (χ1v) is 5.93. The van der Waals surface area contributed by atoms with E-state index < -0.39 is 0 Å². The fraction of sp³-hybridized carbons (Fsp3) is 0.154. The van der Waals surface area contributed by atoms with Gasteiger partial charge in [-0.05, 0) is 11.6 Å². The first kappa shape index (κ1) is 13.8. The van der Waals surface area contributed by atoms with Crippen LogP contribution < -0.4 is 20.7 Å². The Bertz CT molecular complexity index is 552. The molecule has 0 amide bonds. The maximum atomic E-state index is 5.39. The summed E-state index contributed by atoms with van der Waals surface area (Å²) < 4.78 is 10.3. The third kappa shape index (κ3) is 3.92. The minimum absolute atomic E-state index is 0.134. The lowest BCUT2D eigenvalue weighted by Crippen LogP contribution is -2.13. The quantitative estimate of drug-likeness (QED) is 0.604. The summed E-state index contributed by atoms with van der Waals surface area (Å²) in [4.78, 5) is 11.8. The Kier molecular flexibility index (Phi) is 4.85. The molecule has 7 heteroatoms. The molecule has 0 aliphatic rings. The van der Waals surface area contributed by atoms with Crippen molar-refractivity contribution >= 4 is 12.0 Å². The van der Waals surface area contributed by atoms with Gasteiger partial charge in [-0.15, -0.1) is 4.98 Å². The summed E-state index contributed by atoms with van der Waals surface area (Å²) in [6.07, 6.45) is 3.81. The number of ether oxygens (including phenoxy) is 2. The number of nitrogen functional groups attached to an aromatic ring is 1. The molecule has 104 valence electrons. The van der Waals surface area contributed by atoms with Crippen LogP contribution in [-0.2, 0) is 0 Å². The molecule has 0 radical (unpaired) electrons. The van der Waals surface area contributed by atoms with E-state index in [4.69, 9.17) is 15.3 Å². The van der Waals surface area contributed by atoms with Crippen LogP contribution in [0.1, 0.15) is 5.56 Å². The standard InChI is InChI=1S/C13H15N5O2/c1-19-12-15-11(18-14)16-13(17-12)20-9-5-8-10-6-3-2-4-7-10/h2-8H,9,14H2,1H3,(H,15,16,17,18)/b8-5+. The second-order valence-electron chi connectivity index (χ2n) is 3.70. The molecule has 20 heavy (non-hydrogen) atoms. The van der Waals surface area contributed by atoms with Gasteiger partial charge in [0.05, 0.1) is 7.11 Å². The molecule has 0 unspecified atom stereocenters. The summed E-state index contributed by atoms with van der Waals surface area (Å²) in [6, 6.07) is 10.2. The van der Waals surface area contributed by atoms with E-state index in [0.29, 0.717) is 6.61 Å². The number of methoxy groups -OCH3 is 1. The van der Waals surface area contributed by atoms with E-state index in [2.05, 4.69) is 20.4 Å². The summed E-state index contributed by atoms with van der Waals surface area (Å²) in [5.41, 5.74) is 3.41. The summed E-state index contributed by atoms with van der Waals surface area (Å²) in [6.45, 7) is 0.325. The molecule has 2 rings (SSSR count). The van der Waals surface area contributed by atoms with Gasteiger partial charge in [0.15, 0.2) is 0 Å². The van der Waals surface area contributed by atoms with Gasteiger partial charge in [-0.25, -0.2) is 5.84 Å². The Morgan fingerprint density at radius 2 is 1.90 bits per heavy atom. The Hall–Kier alpha value is -2.67. The van der Waals surface area contributed by atoms with Crippen molar-refractivity contribution in [2.45, 2.75) is 0 Å². The van der Waals surface area contributed by atoms with E-state index in [0.717, 1.165) is 5.56 Å². The van der Waals surface area contributed by atoms with Gasteiger partial charge < -0.3 is 9.47 Å². The van der Waals surface area contributed by atoms with Crippen molar-refractivity contribution < 1.29 is 9.47 Å². The summed E-state index contributed by atoms with van der Waals surface area (Å²) in [5.74, 6) is 5.42. The van der Waals surface area contributed by atoms with Gasteiger partial charge in [0.25, 0.3) is 0 Å². The predicted molar refractivity (Wildman–Crippen MR) is 75.2 cm³/mol. The Morgan fingerprint density at radius 3 is 2.60 bits per heavy atom. The number of nitrogens with one attached hydrogen (secondary N) is 1. The molecule has 0 aliphatic carbocycles. The number of nitrogens with zero attached hydrogens (tertiary/aromatic N) is 3. The molecule has 0 atom stereocenters. The third-order valence-corrected chi connectivity index (χ3v) is 2.32. The van der Waals surface area contributed by atoms with E-state index in [1.165, 1.54) is 7.11 Å². The molecule has 0 saturated carbocycles. The fourth-order valence-corrected chi connectivity index (χ4v) is 1.43. The van der Waals surface area contributed by atoms with Gasteiger partial charge in [0, 0.05) is 0 Å². The fourth-order valence-electron chi connectivity index (χ4n) is 1.43. The SMILES string of the molecule is COc1nc(NN)nc(OC/C=C/c2ccccc2)n1. The molecular weight excluding hydrogens is 258 g/mol. The average molecular weight is 273 g/mol. The van der Waals surface area contributed by atoms with Crippen molar-refractivity contribution in [1.29, 1.82) is 0 Å². The van der Waals surface area contributed by atoms with Crippen LogP contribution in [0.15, 0.2) is 36.4 Å². The molecule has 0 spiro atoms. The zero-order valence-corrected chi connectivity index (χ0v) is 11.0. The van der Waals surface area contributed by atoms with Crippen molar-refractivity contribution in [3.8, 4) is 12.0 Å². The number of hydrogen-bond acceptors (Lipinski definition) is 7. The Morgan fingerprint density at radius 1 is 1.15 bits per heavy atom. The maximum absolute atomic E-state index is 5.39. The van der Waals surface area contributed by atoms with Gasteiger partial charge >= 0.3 is 12.0 Å². The second kappa shape index (κ2) is 7.05. The molecule has 3 N–H and O–H groups in total. The van der Waals surface area contributed by atoms with Gasteiger partial charge in [-0.2, -0.15) is 9.97 Å². The van der Waals surface area contributed by atoms with Crippen molar-refractivity contribution in [2.24, 2.45) is 5.84 Å². The molecule has 1 aromatic carbocycles. The number of rotatable bonds is 6. The van der Waals surface area contributed by atoms with E-state index >= 15 is 0 Å². The summed E-state index contributed by atoms with van der Waals surface area (Å²) in [5, 5.41) is 0. The topological polar surface area (TPSA) is 95.2 Å². The van der Waals surface area contributed by atoms with Gasteiger partial charge in [-0.1, -0.05) is 36.4 Å². The van der Waals surface area contributed by atoms with Gasteiger partial charge in [0.1, 0.15) is 6.61 Å². The highest BCUT2D eigenvalue weighted by molar-refractivity contribution is 5.48. The summed E-state index contributed by atoms with van der Waals surface area (Å²) in [7, 11) is 1.45. The third-order valence-electron chi connectivity index (χ3n) is 2.32. The molecular formula is C13H15N5O2. The van der Waals surface area contributed by atoms with Crippen LogP contribution in [0.3, 0.4) is 0 Å². The number of benzene rings is 1. The van der Waals surface area contributed by atoms with Crippen LogP contribution in [0.25, 0.3) is 6.08 Å². The highest BCUT2D eigenvalue weighted by Gasteiger charge is 2.05. The smallest absolute Gasteiger partial charge is 0.324 e. The number of hydrogen-bond donors (Lipinski definition) is 2. The number of anilines is 1. The zero-order valence-electron chi connectivity index (χ0n) is 11.0. The molecule has 0 fully saturated rings. The number of hydrazine groups is 1. The molecule has 0 saturated heterocycles. The molecule has 1 heterocycles. The minimum Gasteiger partial charge on any atom is -0.467 e. The lowest BCUT2D eigenvalue weighted by molar-refractivity contribution is 0.314. The largest absolute Gasteiger partial charge is 0.467 e. The van der Waals surface area contributed by atoms with Crippen LogP contribution in [0.4, 0.5) is 5.95 Å². The number of aromatic nitrogens is 3. The van der Waals surface area contributed by atoms with E-state index in [1.807, 2.05) is 42.5 Å². The first-order chi connectivity index (χ1) is 9.81. The monoisotopic (exact) mass is 273 g/mol. The van der Waals surface area contributed by atoms with Crippen molar-refractivity contribution in [3.05, 3.63) is 42.0 Å². The molecule has 7 nitrogen and oxygen atoms in total. The highest BCUT2D eigenvalue weighted by atomic mass is 16.5. The predicted octanol–water partition coefficient (Wildman–Crippen LogP) is 1.26. The van der Waals surface area contributed by atoms with Crippen LogP contribution >= 0.6 is 0 Å². The molecule has 2 aromatic rings. The van der Waals surface area contributed by atoms with Gasteiger partial charge in [-0.3, -0.25) is 5.43 Å². The van der Waals surface area contributed by atoms with Crippen LogP contribution in [0.5, 0.6) is 12.0 Å². The van der Waals surface area contributed by atoms with E-state index in [1.54, 1.807) is 0 Å². The Balaban J connectivity index is 1.95. The second-order valence-corrected chi connectivity index (χ2v) is 3.70. The zero-order chi connectivity index (χ0) is 14.2. The van der Waals surface area contributed by atoms with Crippen LogP contribution in [0.2, 0.25) is 0 Å². The molecule has 0 aliphatic heterocycles. The maximum Gasteiger partial charge on any atom is 0.324 e. The van der Waals surface area contributed by atoms with Crippen LogP contribution in [0, 0.1) is 0 Å². The summed E-state index contributed by atoms with van der Waals surface area (Å²) >= 11 is 0. The van der Waals surface area contributed by atoms with Crippen LogP contribution in [-0.4, -0.2) is 28.7 Å². The lowest BCUT2D eigenvalue weighted by Gasteiger charge is -2.05.